The van der Waals surface area contributed by atoms with Crippen molar-refractivity contribution in [3.63, 3.8) is 0 Å². The smallest absolute Gasteiger partial charge is 0.238 e. The molecule has 1 saturated heterocycles. The first-order valence-electron chi connectivity index (χ1n) is 5.74. The van der Waals surface area contributed by atoms with Gasteiger partial charge >= 0.3 is 0 Å². The van der Waals surface area contributed by atoms with Crippen molar-refractivity contribution in [3.8, 4) is 0 Å². The second kappa shape index (κ2) is 5.84. The van der Waals surface area contributed by atoms with E-state index in [4.69, 9.17) is 0 Å². The summed E-state index contributed by atoms with van der Waals surface area (Å²) in [5.41, 5.74) is 0. The number of likely N-dealkylation sites (N-methyl/N-ethyl adjacent to an activating group) is 1. The molecular weight excluding hydrogens is 206 g/mol. The van der Waals surface area contributed by atoms with Crippen LogP contribution in [-0.2, 0) is 9.59 Å². The van der Waals surface area contributed by atoms with E-state index < -0.39 is 0 Å². The molecule has 0 bridgehead atoms. The van der Waals surface area contributed by atoms with Gasteiger partial charge in [-0.2, -0.15) is 0 Å². The van der Waals surface area contributed by atoms with E-state index in [2.05, 4.69) is 10.6 Å². The maximum absolute atomic E-state index is 11.6. The third-order valence-electron chi connectivity index (χ3n) is 2.78. The Balaban J connectivity index is 2.45. The average Bonchev–Trinajstić information content (AvgIpc) is 2.41. The molecule has 0 saturated carbocycles. The van der Waals surface area contributed by atoms with Gasteiger partial charge in [0.05, 0.1) is 6.04 Å². The van der Waals surface area contributed by atoms with Gasteiger partial charge in [-0.15, -0.1) is 0 Å². The van der Waals surface area contributed by atoms with E-state index in [1.807, 2.05) is 6.92 Å². The SMILES string of the molecule is CC(NC1CCCNC(=O)C1)C(=O)N(C)C. The second-order valence-electron chi connectivity index (χ2n) is 4.51. The van der Waals surface area contributed by atoms with Crippen molar-refractivity contribution in [2.24, 2.45) is 0 Å². The lowest BCUT2D eigenvalue weighted by Crippen LogP contribution is -2.46. The molecule has 0 spiro atoms. The van der Waals surface area contributed by atoms with Crippen LogP contribution in [0.3, 0.4) is 0 Å². The number of hydrogen-bond acceptors (Lipinski definition) is 3. The number of carbonyl (C=O) groups excluding carboxylic acids is 2. The van der Waals surface area contributed by atoms with Crippen molar-refractivity contribution < 1.29 is 9.59 Å². The van der Waals surface area contributed by atoms with Gasteiger partial charge in [-0.05, 0) is 19.8 Å². The Hall–Kier alpha value is -1.10. The maximum atomic E-state index is 11.6. The highest BCUT2D eigenvalue weighted by atomic mass is 16.2. The third kappa shape index (κ3) is 3.81. The van der Waals surface area contributed by atoms with Crippen molar-refractivity contribution >= 4 is 11.8 Å². The van der Waals surface area contributed by atoms with Gasteiger partial charge in [0, 0.05) is 33.1 Å². The van der Waals surface area contributed by atoms with Crippen LogP contribution in [0.5, 0.6) is 0 Å². The molecule has 0 radical (unpaired) electrons. The van der Waals surface area contributed by atoms with Gasteiger partial charge < -0.3 is 15.5 Å². The van der Waals surface area contributed by atoms with Crippen LogP contribution in [0.15, 0.2) is 0 Å². The summed E-state index contributed by atoms with van der Waals surface area (Å²) >= 11 is 0. The lowest BCUT2D eigenvalue weighted by Gasteiger charge is -2.23. The molecule has 0 aromatic carbocycles. The van der Waals surface area contributed by atoms with Gasteiger partial charge in [-0.3, -0.25) is 9.59 Å². The molecule has 0 aromatic rings. The molecule has 16 heavy (non-hydrogen) atoms. The predicted octanol–water partition coefficient (Wildman–Crippen LogP) is -0.279. The fraction of sp³-hybridized carbons (Fsp3) is 0.818. The Labute approximate surface area is 96.6 Å². The quantitative estimate of drug-likeness (QED) is 0.697. The summed E-state index contributed by atoms with van der Waals surface area (Å²) in [5, 5.41) is 6.04. The van der Waals surface area contributed by atoms with Crippen LogP contribution in [0.4, 0.5) is 0 Å². The zero-order chi connectivity index (χ0) is 12.1. The van der Waals surface area contributed by atoms with E-state index in [1.165, 1.54) is 0 Å². The molecule has 1 heterocycles. The minimum Gasteiger partial charge on any atom is -0.356 e. The minimum absolute atomic E-state index is 0.0460. The van der Waals surface area contributed by atoms with Gasteiger partial charge in [-0.25, -0.2) is 0 Å². The zero-order valence-electron chi connectivity index (χ0n) is 10.2. The first-order chi connectivity index (χ1) is 7.50. The number of carbonyl (C=O) groups is 2. The van der Waals surface area contributed by atoms with Crippen LogP contribution in [-0.4, -0.2) is 49.4 Å². The summed E-state index contributed by atoms with van der Waals surface area (Å²) in [7, 11) is 3.47. The molecule has 1 aliphatic rings. The van der Waals surface area contributed by atoms with E-state index in [0.29, 0.717) is 6.42 Å². The number of nitrogens with one attached hydrogen (secondary N) is 2. The summed E-state index contributed by atoms with van der Waals surface area (Å²) in [6.45, 7) is 2.58. The predicted molar refractivity (Wildman–Crippen MR) is 61.9 cm³/mol. The largest absolute Gasteiger partial charge is 0.356 e. The summed E-state index contributed by atoms with van der Waals surface area (Å²) in [6, 6.07) is -0.118. The summed E-state index contributed by atoms with van der Waals surface area (Å²) in [6.07, 6.45) is 2.36. The highest BCUT2D eigenvalue weighted by Crippen LogP contribution is 2.07. The Morgan fingerprint density at radius 2 is 2.25 bits per heavy atom. The molecule has 1 rings (SSSR count). The van der Waals surface area contributed by atoms with E-state index in [-0.39, 0.29) is 23.9 Å². The van der Waals surface area contributed by atoms with Gasteiger partial charge in [0.1, 0.15) is 0 Å². The van der Waals surface area contributed by atoms with Gasteiger partial charge in [0.2, 0.25) is 11.8 Å². The van der Waals surface area contributed by atoms with Crippen LogP contribution < -0.4 is 10.6 Å². The van der Waals surface area contributed by atoms with Gasteiger partial charge in [-0.1, -0.05) is 0 Å². The molecule has 0 aromatic heterocycles. The monoisotopic (exact) mass is 227 g/mol. The van der Waals surface area contributed by atoms with Gasteiger partial charge in [0.15, 0.2) is 0 Å². The molecule has 92 valence electrons. The Kier molecular flexibility index (Phi) is 4.73. The van der Waals surface area contributed by atoms with Crippen LogP contribution >= 0.6 is 0 Å². The molecule has 2 amide bonds. The van der Waals surface area contributed by atoms with Crippen molar-refractivity contribution in [2.75, 3.05) is 20.6 Å². The zero-order valence-corrected chi connectivity index (χ0v) is 10.2. The average molecular weight is 227 g/mol. The molecule has 1 aliphatic heterocycles. The van der Waals surface area contributed by atoms with Crippen molar-refractivity contribution in [3.05, 3.63) is 0 Å². The maximum Gasteiger partial charge on any atom is 0.238 e. The van der Waals surface area contributed by atoms with E-state index in [1.54, 1.807) is 19.0 Å². The number of nitrogens with zero attached hydrogens (tertiary/aromatic N) is 1. The molecule has 5 nitrogen and oxygen atoms in total. The molecule has 1 fully saturated rings. The molecule has 0 aliphatic carbocycles. The fourth-order valence-corrected chi connectivity index (χ4v) is 1.93. The summed E-state index contributed by atoms with van der Waals surface area (Å²) < 4.78 is 0. The molecule has 2 N–H and O–H groups in total. The van der Waals surface area contributed by atoms with Gasteiger partial charge in [0.25, 0.3) is 0 Å². The third-order valence-corrected chi connectivity index (χ3v) is 2.78. The first kappa shape index (κ1) is 13.0. The fourth-order valence-electron chi connectivity index (χ4n) is 1.93. The first-order valence-corrected chi connectivity index (χ1v) is 5.74. The number of amides is 2. The Bertz CT molecular complexity index is 266. The lowest BCUT2D eigenvalue weighted by molar-refractivity contribution is -0.131. The standard InChI is InChI=1S/C11H21N3O2/c1-8(11(16)14(2)3)13-9-5-4-6-12-10(15)7-9/h8-9,13H,4-7H2,1-3H3,(H,12,15). The highest BCUT2D eigenvalue weighted by molar-refractivity contribution is 5.81. The molecular formula is C11H21N3O2. The number of rotatable bonds is 3. The van der Waals surface area contributed by atoms with Crippen molar-refractivity contribution in [1.29, 1.82) is 0 Å². The number of hydrogen-bond donors (Lipinski definition) is 2. The second-order valence-corrected chi connectivity index (χ2v) is 4.51. The molecule has 5 heteroatoms. The van der Waals surface area contributed by atoms with Crippen LogP contribution in [0.2, 0.25) is 0 Å². The Morgan fingerprint density at radius 1 is 1.56 bits per heavy atom. The minimum atomic E-state index is -0.231. The normalized spacial score (nSPS) is 23.2. The van der Waals surface area contributed by atoms with Crippen molar-refractivity contribution in [1.82, 2.24) is 15.5 Å². The lowest BCUT2D eigenvalue weighted by atomic mass is 10.1. The van der Waals surface area contributed by atoms with Crippen molar-refractivity contribution in [2.45, 2.75) is 38.3 Å². The van der Waals surface area contributed by atoms with Crippen LogP contribution in [0, 0.1) is 0 Å². The van der Waals surface area contributed by atoms with E-state index in [9.17, 15) is 9.59 Å². The summed E-state index contributed by atoms with van der Waals surface area (Å²) in [4.78, 5) is 24.5. The summed E-state index contributed by atoms with van der Waals surface area (Å²) in [5.74, 6) is 0.115. The topological polar surface area (TPSA) is 61.4 Å². The van der Waals surface area contributed by atoms with E-state index in [0.717, 1.165) is 19.4 Å². The molecule has 2 unspecified atom stereocenters. The van der Waals surface area contributed by atoms with Crippen LogP contribution in [0.1, 0.15) is 26.2 Å². The molecule has 2 atom stereocenters. The highest BCUT2D eigenvalue weighted by Gasteiger charge is 2.22. The van der Waals surface area contributed by atoms with E-state index >= 15 is 0 Å². The van der Waals surface area contributed by atoms with Crippen LogP contribution in [0.25, 0.3) is 0 Å². The Morgan fingerprint density at radius 3 is 2.88 bits per heavy atom.